The summed E-state index contributed by atoms with van der Waals surface area (Å²) in [6.45, 7) is 10.1. The predicted octanol–water partition coefficient (Wildman–Crippen LogP) is 2.11. The Bertz CT molecular complexity index is 477. The van der Waals surface area contributed by atoms with Gasteiger partial charge in [-0.3, -0.25) is 0 Å². The zero-order chi connectivity index (χ0) is 15.8. The second-order valence-electron chi connectivity index (χ2n) is 6.30. The summed E-state index contributed by atoms with van der Waals surface area (Å²) >= 11 is 0. The average Bonchev–Trinajstić information content (AvgIpc) is 2.92. The molecule has 0 saturated heterocycles. The first kappa shape index (κ1) is 16.8. The molecule has 0 saturated carbocycles. The fourth-order valence-corrected chi connectivity index (χ4v) is 2.69. The second-order valence-corrected chi connectivity index (χ2v) is 6.30. The summed E-state index contributed by atoms with van der Waals surface area (Å²) in [7, 11) is 0. The van der Waals surface area contributed by atoms with E-state index in [4.69, 9.17) is 0 Å². The van der Waals surface area contributed by atoms with E-state index in [9.17, 15) is 0 Å². The standard InChI is InChI=1S/C16H30N6/c1-4-17-16(18-10-7-8-13(2)3)19-12-15-21-20-14-9-5-6-11-22(14)15/h13H,4-12H2,1-3H3,(H2,17,18,19). The molecule has 1 aliphatic rings. The van der Waals surface area contributed by atoms with E-state index in [2.05, 4.69) is 51.2 Å². The number of aryl methyl sites for hydroxylation is 1. The van der Waals surface area contributed by atoms with E-state index in [-0.39, 0.29) is 0 Å². The largest absolute Gasteiger partial charge is 0.357 e. The van der Waals surface area contributed by atoms with Crippen LogP contribution in [0.15, 0.2) is 4.99 Å². The molecular weight excluding hydrogens is 276 g/mol. The lowest BCUT2D eigenvalue weighted by atomic mass is 10.1. The molecule has 0 unspecified atom stereocenters. The molecule has 0 aliphatic carbocycles. The SMILES string of the molecule is CCNC(=NCc1nnc2n1CCCC2)NCCCC(C)C. The van der Waals surface area contributed by atoms with Crippen LogP contribution in [0.1, 0.15) is 58.1 Å². The number of hydrogen-bond acceptors (Lipinski definition) is 3. The zero-order valence-electron chi connectivity index (χ0n) is 14.2. The van der Waals surface area contributed by atoms with E-state index in [1.54, 1.807) is 0 Å². The van der Waals surface area contributed by atoms with Crippen molar-refractivity contribution in [2.75, 3.05) is 13.1 Å². The number of fused-ring (bicyclic) bond motifs is 1. The Hall–Kier alpha value is -1.59. The highest BCUT2D eigenvalue weighted by molar-refractivity contribution is 5.79. The monoisotopic (exact) mass is 306 g/mol. The van der Waals surface area contributed by atoms with Crippen LogP contribution < -0.4 is 10.6 Å². The van der Waals surface area contributed by atoms with Crippen molar-refractivity contribution < 1.29 is 0 Å². The van der Waals surface area contributed by atoms with Crippen LogP contribution in [0, 0.1) is 5.92 Å². The smallest absolute Gasteiger partial charge is 0.191 e. The van der Waals surface area contributed by atoms with Gasteiger partial charge in [-0.05, 0) is 38.5 Å². The van der Waals surface area contributed by atoms with Gasteiger partial charge in [-0.15, -0.1) is 10.2 Å². The molecule has 2 N–H and O–H groups in total. The average molecular weight is 306 g/mol. The lowest BCUT2D eigenvalue weighted by Crippen LogP contribution is -2.37. The van der Waals surface area contributed by atoms with E-state index in [0.717, 1.165) is 49.6 Å². The van der Waals surface area contributed by atoms with Gasteiger partial charge in [0.1, 0.15) is 12.4 Å². The van der Waals surface area contributed by atoms with Crippen LogP contribution >= 0.6 is 0 Å². The molecule has 6 nitrogen and oxygen atoms in total. The van der Waals surface area contributed by atoms with Crippen molar-refractivity contribution in [1.82, 2.24) is 25.4 Å². The third kappa shape index (κ3) is 5.00. The van der Waals surface area contributed by atoms with E-state index in [0.29, 0.717) is 6.54 Å². The van der Waals surface area contributed by atoms with Gasteiger partial charge in [-0.1, -0.05) is 13.8 Å². The molecule has 0 amide bonds. The molecule has 1 aromatic rings. The number of rotatable bonds is 7. The van der Waals surface area contributed by atoms with E-state index in [1.165, 1.54) is 25.7 Å². The minimum Gasteiger partial charge on any atom is -0.357 e. The van der Waals surface area contributed by atoms with Crippen LogP contribution in [-0.2, 0) is 19.5 Å². The van der Waals surface area contributed by atoms with Crippen molar-refractivity contribution in [3.05, 3.63) is 11.6 Å². The molecule has 0 fully saturated rings. The maximum absolute atomic E-state index is 4.65. The highest BCUT2D eigenvalue weighted by atomic mass is 15.3. The third-order valence-electron chi connectivity index (χ3n) is 3.91. The van der Waals surface area contributed by atoms with Crippen LogP contribution in [0.25, 0.3) is 0 Å². The Morgan fingerprint density at radius 3 is 2.91 bits per heavy atom. The van der Waals surface area contributed by atoms with Gasteiger partial charge >= 0.3 is 0 Å². The Kier molecular flexibility index (Phi) is 6.68. The molecule has 22 heavy (non-hydrogen) atoms. The van der Waals surface area contributed by atoms with Crippen molar-refractivity contribution in [2.45, 2.75) is 66.0 Å². The van der Waals surface area contributed by atoms with Crippen LogP contribution in [0.2, 0.25) is 0 Å². The topological polar surface area (TPSA) is 67.1 Å². The van der Waals surface area contributed by atoms with E-state index >= 15 is 0 Å². The first-order chi connectivity index (χ1) is 10.7. The van der Waals surface area contributed by atoms with Crippen molar-refractivity contribution in [1.29, 1.82) is 0 Å². The number of hydrogen-bond donors (Lipinski definition) is 2. The Labute approximate surface area is 133 Å². The molecule has 1 aromatic heterocycles. The van der Waals surface area contributed by atoms with E-state index in [1.807, 2.05) is 0 Å². The molecule has 0 aromatic carbocycles. The predicted molar refractivity (Wildman–Crippen MR) is 89.9 cm³/mol. The first-order valence-electron chi connectivity index (χ1n) is 8.63. The van der Waals surface area contributed by atoms with E-state index < -0.39 is 0 Å². The number of aromatic nitrogens is 3. The fraction of sp³-hybridized carbons (Fsp3) is 0.812. The molecule has 0 radical (unpaired) electrons. The number of aliphatic imine (C=N–C) groups is 1. The first-order valence-corrected chi connectivity index (χ1v) is 8.63. The minimum absolute atomic E-state index is 0.590. The van der Waals surface area contributed by atoms with Gasteiger partial charge in [-0.2, -0.15) is 0 Å². The maximum atomic E-state index is 4.65. The molecular formula is C16H30N6. The highest BCUT2D eigenvalue weighted by Crippen LogP contribution is 2.14. The normalized spacial score (nSPS) is 15.0. The molecule has 0 bridgehead atoms. The van der Waals surface area contributed by atoms with Gasteiger partial charge < -0.3 is 15.2 Å². The van der Waals surface area contributed by atoms with Gasteiger partial charge in [0.2, 0.25) is 0 Å². The molecule has 1 aliphatic heterocycles. The molecule has 2 heterocycles. The summed E-state index contributed by atoms with van der Waals surface area (Å²) in [6, 6.07) is 0. The van der Waals surface area contributed by atoms with Crippen molar-refractivity contribution in [2.24, 2.45) is 10.9 Å². The van der Waals surface area contributed by atoms with Gasteiger partial charge in [0.05, 0.1) is 0 Å². The highest BCUT2D eigenvalue weighted by Gasteiger charge is 2.15. The summed E-state index contributed by atoms with van der Waals surface area (Å²) in [5.74, 6) is 3.73. The van der Waals surface area contributed by atoms with Gasteiger partial charge in [-0.25, -0.2) is 4.99 Å². The minimum atomic E-state index is 0.590. The maximum Gasteiger partial charge on any atom is 0.191 e. The Morgan fingerprint density at radius 1 is 1.27 bits per heavy atom. The van der Waals surface area contributed by atoms with Crippen LogP contribution in [0.5, 0.6) is 0 Å². The summed E-state index contributed by atoms with van der Waals surface area (Å²) in [4.78, 5) is 4.65. The Morgan fingerprint density at radius 2 is 2.14 bits per heavy atom. The Balaban J connectivity index is 1.88. The van der Waals surface area contributed by atoms with Gasteiger partial charge in [0.15, 0.2) is 11.8 Å². The number of guanidine groups is 1. The molecule has 6 heteroatoms. The quantitative estimate of drug-likeness (QED) is 0.460. The van der Waals surface area contributed by atoms with Crippen LogP contribution in [0.4, 0.5) is 0 Å². The van der Waals surface area contributed by atoms with Crippen LogP contribution in [-0.4, -0.2) is 33.8 Å². The number of nitrogens with one attached hydrogen (secondary N) is 2. The molecule has 0 spiro atoms. The molecule has 0 atom stereocenters. The lowest BCUT2D eigenvalue weighted by Gasteiger charge is -2.15. The lowest BCUT2D eigenvalue weighted by molar-refractivity contribution is 0.508. The third-order valence-corrected chi connectivity index (χ3v) is 3.91. The molecule has 124 valence electrons. The number of nitrogens with zero attached hydrogens (tertiary/aromatic N) is 4. The van der Waals surface area contributed by atoms with Crippen LogP contribution in [0.3, 0.4) is 0 Å². The zero-order valence-corrected chi connectivity index (χ0v) is 14.2. The summed E-state index contributed by atoms with van der Waals surface area (Å²) < 4.78 is 2.23. The summed E-state index contributed by atoms with van der Waals surface area (Å²) in [5, 5.41) is 15.3. The summed E-state index contributed by atoms with van der Waals surface area (Å²) in [5.41, 5.74) is 0. The van der Waals surface area contributed by atoms with Crippen molar-refractivity contribution >= 4 is 5.96 Å². The van der Waals surface area contributed by atoms with Gasteiger partial charge in [0.25, 0.3) is 0 Å². The summed E-state index contributed by atoms with van der Waals surface area (Å²) in [6.07, 6.45) is 5.90. The van der Waals surface area contributed by atoms with Crippen molar-refractivity contribution in [3.63, 3.8) is 0 Å². The molecule has 2 rings (SSSR count). The second kappa shape index (κ2) is 8.76. The van der Waals surface area contributed by atoms with Gasteiger partial charge in [0, 0.05) is 26.1 Å². The van der Waals surface area contributed by atoms with Crippen molar-refractivity contribution in [3.8, 4) is 0 Å². The fourth-order valence-electron chi connectivity index (χ4n) is 2.69.